The molecule has 0 aliphatic carbocycles. The molecule has 1 aromatic heterocycles. The Morgan fingerprint density at radius 3 is 2.59 bits per heavy atom. The van der Waals surface area contributed by atoms with Gasteiger partial charge in [-0.2, -0.15) is 0 Å². The minimum atomic E-state index is 0.266. The standard InChI is InChI=1S/C26H33N5O/c1-21-17-23(30-14-12-29(13-15-30)18-22-7-3-2-4-8-22)10-11-25(21)26-20-31(28-27-26)19-24-9-5-6-16-32-24/h2-4,7-8,10-11,17,20,24H,5-6,9,12-16,18-19H2,1H3/t24-/m1/s1. The molecular formula is C26H33N5O. The van der Waals surface area contributed by atoms with Gasteiger partial charge < -0.3 is 9.64 Å². The molecule has 0 unspecified atom stereocenters. The van der Waals surface area contributed by atoms with E-state index < -0.39 is 0 Å². The zero-order chi connectivity index (χ0) is 21.8. The second-order valence-electron chi connectivity index (χ2n) is 9.06. The summed E-state index contributed by atoms with van der Waals surface area (Å²) in [5.74, 6) is 0. The molecular weight excluding hydrogens is 398 g/mol. The van der Waals surface area contributed by atoms with Gasteiger partial charge in [-0.3, -0.25) is 4.90 Å². The number of aromatic nitrogens is 3. The highest BCUT2D eigenvalue weighted by molar-refractivity contribution is 5.67. The van der Waals surface area contributed by atoms with E-state index in [4.69, 9.17) is 4.74 Å². The topological polar surface area (TPSA) is 46.4 Å². The van der Waals surface area contributed by atoms with Crippen molar-refractivity contribution in [2.75, 3.05) is 37.7 Å². The Morgan fingerprint density at radius 1 is 1.00 bits per heavy atom. The summed E-state index contributed by atoms with van der Waals surface area (Å²) in [5.41, 5.74) is 6.04. The summed E-state index contributed by atoms with van der Waals surface area (Å²) in [6.45, 7) is 9.17. The van der Waals surface area contributed by atoms with Gasteiger partial charge in [-0.25, -0.2) is 4.68 Å². The quantitative estimate of drug-likeness (QED) is 0.587. The molecule has 32 heavy (non-hydrogen) atoms. The molecule has 3 aromatic rings. The fourth-order valence-corrected chi connectivity index (χ4v) is 4.81. The van der Waals surface area contributed by atoms with Crippen LogP contribution in [0.25, 0.3) is 11.3 Å². The average molecular weight is 432 g/mol. The molecule has 2 aromatic carbocycles. The lowest BCUT2D eigenvalue weighted by Gasteiger charge is -2.36. The van der Waals surface area contributed by atoms with Crippen molar-refractivity contribution in [3.05, 3.63) is 65.9 Å². The van der Waals surface area contributed by atoms with Crippen molar-refractivity contribution < 1.29 is 4.74 Å². The fraction of sp³-hybridized carbons (Fsp3) is 0.462. The number of ether oxygens (including phenoxy) is 1. The van der Waals surface area contributed by atoms with Crippen molar-refractivity contribution >= 4 is 5.69 Å². The van der Waals surface area contributed by atoms with Gasteiger partial charge in [0.15, 0.2) is 0 Å². The van der Waals surface area contributed by atoms with Gasteiger partial charge >= 0.3 is 0 Å². The Labute approximate surface area is 190 Å². The molecule has 168 valence electrons. The van der Waals surface area contributed by atoms with Crippen LogP contribution in [-0.4, -0.2) is 58.8 Å². The Morgan fingerprint density at radius 2 is 1.84 bits per heavy atom. The zero-order valence-corrected chi connectivity index (χ0v) is 19.0. The Hall–Kier alpha value is -2.70. The van der Waals surface area contributed by atoms with Crippen molar-refractivity contribution in [1.29, 1.82) is 0 Å². The van der Waals surface area contributed by atoms with Crippen LogP contribution in [0.4, 0.5) is 5.69 Å². The van der Waals surface area contributed by atoms with Crippen LogP contribution < -0.4 is 4.90 Å². The number of benzene rings is 2. The number of hydrogen-bond donors (Lipinski definition) is 0. The lowest BCUT2D eigenvalue weighted by Crippen LogP contribution is -2.46. The van der Waals surface area contributed by atoms with Gasteiger partial charge in [0, 0.05) is 50.6 Å². The monoisotopic (exact) mass is 431 g/mol. The first-order valence-electron chi connectivity index (χ1n) is 11.9. The number of hydrogen-bond acceptors (Lipinski definition) is 5. The second-order valence-corrected chi connectivity index (χ2v) is 9.06. The third-order valence-corrected chi connectivity index (χ3v) is 6.68. The number of anilines is 1. The number of piperazine rings is 1. The summed E-state index contributed by atoms with van der Waals surface area (Å²) in [4.78, 5) is 5.04. The molecule has 0 radical (unpaired) electrons. The van der Waals surface area contributed by atoms with Gasteiger partial charge in [-0.1, -0.05) is 41.6 Å². The normalized spacial score (nSPS) is 19.9. The third kappa shape index (κ3) is 5.03. The number of aryl methyl sites for hydroxylation is 1. The smallest absolute Gasteiger partial charge is 0.113 e. The first-order chi connectivity index (χ1) is 15.7. The van der Waals surface area contributed by atoms with Gasteiger partial charge in [0.2, 0.25) is 0 Å². The molecule has 0 saturated carbocycles. The minimum absolute atomic E-state index is 0.266. The molecule has 0 N–H and O–H groups in total. The summed E-state index contributed by atoms with van der Waals surface area (Å²) >= 11 is 0. The van der Waals surface area contributed by atoms with Gasteiger partial charge in [-0.05, 0) is 49.4 Å². The van der Waals surface area contributed by atoms with Crippen LogP contribution in [0.5, 0.6) is 0 Å². The maximum atomic E-state index is 5.85. The highest BCUT2D eigenvalue weighted by atomic mass is 16.5. The Bertz CT molecular complexity index is 1000. The van der Waals surface area contributed by atoms with E-state index in [0.29, 0.717) is 0 Å². The first-order valence-corrected chi connectivity index (χ1v) is 11.9. The second kappa shape index (κ2) is 9.84. The Kier molecular flexibility index (Phi) is 6.51. The maximum absolute atomic E-state index is 5.85. The fourth-order valence-electron chi connectivity index (χ4n) is 4.81. The highest BCUT2D eigenvalue weighted by Gasteiger charge is 2.19. The molecule has 2 aliphatic heterocycles. The molecule has 0 amide bonds. The van der Waals surface area contributed by atoms with Crippen LogP contribution in [-0.2, 0) is 17.8 Å². The van der Waals surface area contributed by atoms with E-state index in [2.05, 4.69) is 81.8 Å². The van der Waals surface area contributed by atoms with Crippen LogP contribution in [0.2, 0.25) is 0 Å². The van der Waals surface area contributed by atoms with E-state index in [-0.39, 0.29) is 6.10 Å². The molecule has 1 atom stereocenters. The van der Waals surface area contributed by atoms with E-state index in [1.54, 1.807) is 0 Å². The van der Waals surface area contributed by atoms with Crippen LogP contribution in [0, 0.1) is 6.92 Å². The molecule has 2 aliphatic rings. The third-order valence-electron chi connectivity index (χ3n) is 6.68. The van der Waals surface area contributed by atoms with Crippen LogP contribution >= 0.6 is 0 Å². The lowest BCUT2D eigenvalue weighted by molar-refractivity contribution is 0.00370. The summed E-state index contributed by atoms with van der Waals surface area (Å²) in [7, 11) is 0. The summed E-state index contributed by atoms with van der Waals surface area (Å²) < 4.78 is 7.78. The molecule has 2 saturated heterocycles. The van der Waals surface area contributed by atoms with Crippen molar-refractivity contribution in [2.45, 2.75) is 45.4 Å². The predicted octanol–water partition coefficient (Wildman–Crippen LogP) is 4.14. The van der Waals surface area contributed by atoms with E-state index in [1.807, 2.05) is 4.68 Å². The zero-order valence-electron chi connectivity index (χ0n) is 19.0. The summed E-state index contributed by atoms with van der Waals surface area (Å²) in [6, 6.07) is 17.5. The first kappa shape index (κ1) is 21.2. The molecule has 0 spiro atoms. The average Bonchev–Trinajstić information content (AvgIpc) is 3.29. The molecule has 6 heteroatoms. The van der Waals surface area contributed by atoms with Crippen molar-refractivity contribution in [3.8, 4) is 11.3 Å². The van der Waals surface area contributed by atoms with Crippen LogP contribution in [0.1, 0.15) is 30.4 Å². The van der Waals surface area contributed by atoms with Gasteiger partial charge in [0.25, 0.3) is 0 Å². The maximum Gasteiger partial charge on any atom is 0.113 e. The van der Waals surface area contributed by atoms with Gasteiger partial charge in [-0.15, -0.1) is 5.10 Å². The van der Waals surface area contributed by atoms with Gasteiger partial charge in [0.1, 0.15) is 5.69 Å². The van der Waals surface area contributed by atoms with E-state index >= 15 is 0 Å². The molecule has 5 rings (SSSR count). The SMILES string of the molecule is Cc1cc(N2CCN(Cc3ccccc3)CC2)ccc1-c1cn(C[C@H]2CCCCO2)nn1. The van der Waals surface area contributed by atoms with E-state index in [0.717, 1.165) is 63.6 Å². The predicted molar refractivity (Wildman–Crippen MR) is 128 cm³/mol. The Balaban J connectivity index is 1.19. The van der Waals surface area contributed by atoms with E-state index in [9.17, 15) is 0 Å². The molecule has 6 nitrogen and oxygen atoms in total. The summed E-state index contributed by atoms with van der Waals surface area (Å²) in [5, 5.41) is 8.80. The highest BCUT2D eigenvalue weighted by Crippen LogP contribution is 2.27. The molecule has 0 bridgehead atoms. The van der Waals surface area contributed by atoms with E-state index in [1.165, 1.54) is 29.7 Å². The summed E-state index contributed by atoms with van der Waals surface area (Å²) in [6.07, 6.45) is 5.85. The van der Waals surface area contributed by atoms with Crippen molar-refractivity contribution in [1.82, 2.24) is 19.9 Å². The number of rotatable bonds is 6. The van der Waals surface area contributed by atoms with Crippen LogP contribution in [0.15, 0.2) is 54.7 Å². The minimum Gasteiger partial charge on any atom is -0.376 e. The van der Waals surface area contributed by atoms with Crippen molar-refractivity contribution in [2.24, 2.45) is 0 Å². The van der Waals surface area contributed by atoms with Crippen molar-refractivity contribution in [3.63, 3.8) is 0 Å². The number of nitrogens with zero attached hydrogens (tertiary/aromatic N) is 5. The largest absolute Gasteiger partial charge is 0.376 e. The molecule has 2 fully saturated rings. The van der Waals surface area contributed by atoms with Crippen LogP contribution in [0.3, 0.4) is 0 Å². The lowest BCUT2D eigenvalue weighted by atomic mass is 10.0. The molecule has 3 heterocycles. The van der Waals surface area contributed by atoms with Gasteiger partial charge in [0.05, 0.1) is 18.8 Å².